The summed E-state index contributed by atoms with van der Waals surface area (Å²) in [6.07, 6.45) is 0. The van der Waals surface area contributed by atoms with E-state index in [1.165, 1.54) is 25.3 Å². The van der Waals surface area contributed by atoms with E-state index in [1.54, 1.807) is 0 Å². The number of amides is 1. The van der Waals surface area contributed by atoms with E-state index in [9.17, 15) is 13.2 Å². The lowest BCUT2D eigenvalue weighted by Crippen LogP contribution is -2.26. The first-order chi connectivity index (χ1) is 12.8. The molecule has 1 heterocycles. The molecule has 1 amide bonds. The number of methoxy groups -OCH3 is 1. The highest BCUT2D eigenvalue weighted by Gasteiger charge is 2.19. The Bertz CT molecular complexity index is 1100. The van der Waals surface area contributed by atoms with Crippen molar-refractivity contribution in [1.82, 2.24) is 14.7 Å². The van der Waals surface area contributed by atoms with Gasteiger partial charge in [0.15, 0.2) is 0 Å². The number of primary amides is 1. The Balaban J connectivity index is 1.79. The molecule has 3 rings (SSSR count). The molecule has 0 fully saturated rings. The highest BCUT2D eigenvalue weighted by Crippen LogP contribution is 2.22. The molecule has 140 valence electrons. The summed E-state index contributed by atoms with van der Waals surface area (Å²) in [6, 6.07) is 11.3. The van der Waals surface area contributed by atoms with Gasteiger partial charge in [0.2, 0.25) is 10.0 Å². The second-order valence-electron chi connectivity index (χ2n) is 5.76. The van der Waals surface area contributed by atoms with Crippen LogP contribution in [0.1, 0.15) is 16.2 Å². The number of carbonyl (C=O) groups is 1. The average Bonchev–Trinajstić information content (AvgIpc) is 3.09. The molecule has 1 aromatic heterocycles. The van der Waals surface area contributed by atoms with Gasteiger partial charge in [-0.25, -0.2) is 18.1 Å². The van der Waals surface area contributed by atoms with Crippen molar-refractivity contribution in [3.8, 4) is 5.75 Å². The summed E-state index contributed by atoms with van der Waals surface area (Å²) in [5, 5.41) is 0. The number of fused-ring (bicyclic) bond motifs is 1. The Morgan fingerprint density at radius 1 is 1.30 bits per heavy atom. The van der Waals surface area contributed by atoms with Gasteiger partial charge in [0, 0.05) is 12.1 Å². The number of aromatic amines is 1. The molecule has 0 spiro atoms. The summed E-state index contributed by atoms with van der Waals surface area (Å²) in [6.45, 7) is 3.82. The number of rotatable bonds is 7. The quantitative estimate of drug-likeness (QED) is 0.569. The van der Waals surface area contributed by atoms with Crippen molar-refractivity contribution in [2.45, 2.75) is 4.90 Å². The number of carbonyl (C=O) groups excluding carboxylic acids is 1. The highest BCUT2D eigenvalue weighted by molar-refractivity contribution is 7.89. The van der Waals surface area contributed by atoms with E-state index in [0.29, 0.717) is 11.4 Å². The van der Waals surface area contributed by atoms with Crippen LogP contribution in [0.15, 0.2) is 53.9 Å². The van der Waals surface area contributed by atoms with E-state index in [-0.39, 0.29) is 22.8 Å². The molecule has 27 heavy (non-hydrogen) atoms. The van der Waals surface area contributed by atoms with E-state index in [0.717, 1.165) is 11.0 Å². The van der Waals surface area contributed by atoms with Gasteiger partial charge in [-0.3, -0.25) is 4.79 Å². The molecular weight excluding hydrogens is 368 g/mol. The van der Waals surface area contributed by atoms with Gasteiger partial charge < -0.3 is 15.5 Å². The summed E-state index contributed by atoms with van der Waals surface area (Å²) in [5.41, 5.74) is 7.32. The Morgan fingerprint density at radius 3 is 2.70 bits per heavy atom. The molecule has 3 aromatic rings. The highest BCUT2D eigenvalue weighted by atomic mass is 32.2. The second kappa shape index (κ2) is 7.22. The Kier molecular flexibility index (Phi) is 4.98. The van der Waals surface area contributed by atoms with Crippen LogP contribution in [0.2, 0.25) is 0 Å². The fourth-order valence-electron chi connectivity index (χ4n) is 2.52. The minimum absolute atomic E-state index is 0.0171. The summed E-state index contributed by atoms with van der Waals surface area (Å²) in [7, 11) is -2.52. The molecule has 0 bridgehead atoms. The van der Waals surface area contributed by atoms with E-state index in [2.05, 4.69) is 21.3 Å². The van der Waals surface area contributed by atoms with Crippen molar-refractivity contribution in [2.24, 2.45) is 5.73 Å². The number of para-hydroxylation sites is 2. The van der Waals surface area contributed by atoms with Crippen LogP contribution in [0.4, 0.5) is 0 Å². The van der Waals surface area contributed by atoms with Gasteiger partial charge in [-0.05, 0) is 30.3 Å². The number of hydrogen-bond donors (Lipinski definition) is 3. The number of nitrogens with zero attached hydrogens (tertiary/aromatic N) is 1. The fraction of sp³-hybridized carbons (Fsp3) is 0.111. The molecular formula is C18H18N4O4S. The Hall–Kier alpha value is -3.17. The first-order valence-corrected chi connectivity index (χ1v) is 9.40. The summed E-state index contributed by atoms with van der Waals surface area (Å²) in [4.78, 5) is 18.9. The van der Waals surface area contributed by atoms with Gasteiger partial charge in [-0.1, -0.05) is 18.7 Å². The van der Waals surface area contributed by atoms with Crippen LogP contribution in [0.25, 0.3) is 16.6 Å². The number of imidazole rings is 1. The Labute approximate surface area is 156 Å². The first kappa shape index (κ1) is 18.6. The van der Waals surface area contributed by atoms with Crippen LogP contribution in [0, 0.1) is 0 Å². The van der Waals surface area contributed by atoms with Gasteiger partial charge >= 0.3 is 0 Å². The lowest BCUT2D eigenvalue weighted by atomic mass is 10.2. The summed E-state index contributed by atoms with van der Waals surface area (Å²) >= 11 is 0. The SMILES string of the molecule is C=C(CNS(=O)(=O)c1ccc(OC)c(C(N)=O)c1)c1nc2ccccc2[nH]1. The minimum Gasteiger partial charge on any atom is -0.496 e. The number of sulfonamides is 1. The van der Waals surface area contributed by atoms with Gasteiger partial charge in [0.05, 0.1) is 28.6 Å². The number of ether oxygens (including phenoxy) is 1. The maximum absolute atomic E-state index is 12.5. The van der Waals surface area contributed by atoms with Crippen LogP contribution < -0.4 is 15.2 Å². The monoisotopic (exact) mass is 386 g/mol. The van der Waals surface area contributed by atoms with Crippen LogP contribution in [0.5, 0.6) is 5.75 Å². The molecule has 0 aliphatic heterocycles. The van der Waals surface area contributed by atoms with Crippen LogP contribution in [-0.4, -0.2) is 37.9 Å². The number of aromatic nitrogens is 2. The smallest absolute Gasteiger partial charge is 0.252 e. The number of nitrogens with one attached hydrogen (secondary N) is 2. The van der Waals surface area contributed by atoms with Gasteiger partial charge in [0.1, 0.15) is 11.6 Å². The maximum atomic E-state index is 12.5. The second-order valence-corrected chi connectivity index (χ2v) is 7.52. The topological polar surface area (TPSA) is 127 Å². The molecule has 0 unspecified atom stereocenters. The predicted octanol–water partition coefficient (Wildman–Crippen LogP) is 1.66. The molecule has 0 aliphatic rings. The molecule has 0 atom stereocenters. The van der Waals surface area contributed by atoms with Crippen molar-refractivity contribution in [2.75, 3.05) is 13.7 Å². The first-order valence-electron chi connectivity index (χ1n) is 7.92. The zero-order chi connectivity index (χ0) is 19.6. The lowest BCUT2D eigenvalue weighted by Gasteiger charge is -2.10. The van der Waals surface area contributed by atoms with Gasteiger partial charge in [-0.15, -0.1) is 0 Å². The standard InChI is InChI=1S/C18H18N4O4S/c1-11(18-21-14-5-3-4-6-15(14)22-18)10-20-27(24,25)12-7-8-16(26-2)13(9-12)17(19)23/h3-9,20H,1,10H2,2H3,(H2,19,23)(H,21,22). The third-order valence-corrected chi connectivity index (χ3v) is 5.35. The van der Waals surface area contributed by atoms with E-state index in [4.69, 9.17) is 10.5 Å². The lowest BCUT2D eigenvalue weighted by molar-refractivity contribution is 0.0997. The molecule has 0 radical (unpaired) electrons. The van der Waals surface area contributed by atoms with Crippen molar-refractivity contribution in [3.05, 3.63) is 60.4 Å². The van der Waals surface area contributed by atoms with Gasteiger partial charge in [-0.2, -0.15) is 0 Å². The molecule has 9 heteroatoms. The molecule has 0 aliphatic carbocycles. The Morgan fingerprint density at radius 2 is 2.04 bits per heavy atom. The largest absolute Gasteiger partial charge is 0.496 e. The predicted molar refractivity (Wildman–Crippen MR) is 102 cm³/mol. The normalized spacial score (nSPS) is 11.4. The summed E-state index contributed by atoms with van der Waals surface area (Å²) in [5.74, 6) is -0.0878. The van der Waals surface area contributed by atoms with Crippen LogP contribution >= 0.6 is 0 Å². The van der Waals surface area contributed by atoms with E-state index >= 15 is 0 Å². The maximum Gasteiger partial charge on any atom is 0.252 e. The average molecular weight is 386 g/mol. The number of benzene rings is 2. The molecule has 0 saturated carbocycles. The fourth-order valence-corrected chi connectivity index (χ4v) is 3.57. The van der Waals surface area contributed by atoms with Crippen LogP contribution in [-0.2, 0) is 10.0 Å². The van der Waals surface area contributed by atoms with Crippen molar-refractivity contribution in [3.63, 3.8) is 0 Å². The van der Waals surface area contributed by atoms with Gasteiger partial charge in [0.25, 0.3) is 5.91 Å². The zero-order valence-electron chi connectivity index (χ0n) is 14.5. The third kappa shape index (κ3) is 3.83. The minimum atomic E-state index is -3.89. The molecule has 2 aromatic carbocycles. The van der Waals surface area contributed by atoms with E-state index < -0.39 is 15.9 Å². The van der Waals surface area contributed by atoms with Crippen molar-refractivity contribution < 1.29 is 17.9 Å². The number of hydrogen-bond acceptors (Lipinski definition) is 5. The van der Waals surface area contributed by atoms with E-state index in [1.807, 2.05) is 24.3 Å². The number of H-pyrrole nitrogens is 1. The molecule has 0 saturated heterocycles. The van der Waals surface area contributed by atoms with Crippen LogP contribution in [0.3, 0.4) is 0 Å². The summed E-state index contributed by atoms with van der Waals surface area (Å²) < 4.78 is 32.5. The third-order valence-electron chi connectivity index (χ3n) is 3.95. The van der Waals surface area contributed by atoms with Crippen molar-refractivity contribution >= 4 is 32.5 Å². The molecule has 4 N–H and O–H groups in total. The van der Waals surface area contributed by atoms with Crippen molar-refractivity contribution in [1.29, 1.82) is 0 Å². The molecule has 8 nitrogen and oxygen atoms in total. The zero-order valence-corrected chi connectivity index (χ0v) is 15.3. The number of nitrogens with two attached hydrogens (primary N) is 1.